The number of ether oxygens (including phenoxy) is 1. The van der Waals surface area contributed by atoms with Crippen LogP contribution < -0.4 is 10.1 Å². The van der Waals surface area contributed by atoms with E-state index in [0.29, 0.717) is 52.4 Å². The molecule has 1 aliphatic carbocycles. The summed E-state index contributed by atoms with van der Waals surface area (Å²) in [6, 6.07) is 7.67. The third kappa shape index (κ3) is 5.17. The van der Waals surface area contributed by atoms with Crippen LogP contribution in [-0.4, -0.2) is 51.9 Å². The van der Waals surface area contributed by atoms with Gasteiger partial charge in [-0.2, -0.15) is 18.3 Å². The molecular weight excluding hydrogens is 539 g/mol. The summed E-state index contributed by atoms with van der Waals surface area (Å²) in [5.74, 6) is 1.58. The lowest BCUT2D eigenvalue weighted by molar-refractivity contribution is -0.141. The molecule has 41 heavy (non-hydrogen) atoms. The zero-order chi connectivity index (χ0) is 28.9. The van der Waals surface area contributed by atoms with Crippen LogP contribution in [0.25, 0.3) is 28.2 Å². The van der Waals surface area contributed by atoms with Gasteiger partial charge in [0.25, 0.3) is 0 Å². The Hall–Kier alpha value is -4.59. The number of methoxy groups -OCH3 is 1. The van der Waals surface area contributed by atoms with E-state index < -0.39 is 17.5 Å². The van der Waals surface area contributed by atoms with Crippen LogP contribution in [0.2, 0.25) is 0 Å². The molecule has 0 radical (unpaired) electrons. The van der Waals surface area contributed by atoms with E-state index in [1.165, 1.54) is 33.6 Å². The van der Waals surface area contributed by atoms with Crippen LogP contribution >= 0.6 is 0 Å². The Kier molecular flexibility index (Phi) is 6.36. The number of fused-ring (bicyclic) bond motifs is 1. The lowest BCUT2D eigenvalue weighted by Gasteiger charge is -2.19. The molecule has 1 aliphatic rings. The summed E-state index contributed by atoms with van der Waals surface area (Å²) in [7, 11) is 1.54. The summed E-state index contributed by atoms with van der Waals surface area (Å²) in [6.07, 6.45) is 0.407. The molecule has 1 aromatic carbocycles. The first-order valence-corrected chi connectivity index (χ1v) is 12.9. The monoisotopic (exact) mass is 565 g/mol. The molecule has 0 amide bonds. The molecule has 1 fully saturated rings. The highest BCUT2D eigenvalue weighted by Gasteiger charge is 2.37. The number of nitrogens with zero attached hydrogens (tertiary/aromatic N) is 7. The number of rotatable bonds is 8. The van der Waals surface area contributed by atoms with Crippen molar-refractivity contribution in [3.8, 4) is 23.0 Å². The van der Waals surface area contributed by atoms with Crippen molar-refractivity contribution < 1.29 is 23.0 Å². The summed E-state index contributed by atoms with van der Waals surface area (Å²) in [5, 5.41) is 17.5. The molecule has 3 N–H and O–H groups in total. The van der Waals surface area contributed by atoms with Gasteiger partial charge in [-0.3, -0.25) is 0 Å². The van der Waals surface area contributed by atoms with Crippen molar-refractivity contribution >= 4 is 17.0 Å². The minimum Gasteiger partial charge on any atom is -0.480 e. The Morgan fingerprint density at radius 1 is 1.10 bits per heavy atom. The molecule has 5 aromatic rings. The van der Waals surface area contributed by atoms with Crippen molar-refractivity contribution in [3.63, 3.8) is 0 Å². The molecule has 212 valence electrons. The summed E-state index contributed by atoms with van der Waals surface area (Å²) < 4.78 is 46.7. The molecule has 11 nitrogen and oxygen atoms in total. The molecule has 0 spiro atoms. The second kappa shape index (κ2) is 9.80. The minimum atomic E-state index is -4.64. The van der Waals surface area contributed by atoms with Crippen LogP contribution in [-0.2, 0) is 18.3 Å². The number of hydrogen-bond acceptors (Lipinski definition) is 9. The number of aromatic nitrogens is 8. The van der Waals surface area contributed by atoms with Crippen LogP contribution in [0.1, 0.15) is 55.3 Å². The molecular formula is C27H26F3N9O2. The van der Waals surface area contributed by atoms with Crippen molar-refractivity contribution in [2.45, 2.75) is 50.9 Å². The van der Waals surface area contributed by atoms with Gasteiger partial charge in [-0.15, -0.1) is 0 Å². The van der Waals surface area contributed by atoms with E-state index in [1.807, 2.05) is 0 Å². The predicted octanol–water partition coefficient (Wildman–Crippen LogP) is 4.74. The highest BCUT2D eigenvalue weighted by Crippen LogP contribution is 2.45. The van der Waals surface area contributed by atoms with Gasteiger partial charge in [0.1, 0.15) is 23.0 Å². The third-order valence-electron chi connectivity index (χ3n) is 6.78. The lowest BCUT2D eigenvalue weighted by Crippen LogP contribution is -2.20. The van der Waals surface area contributed by atoms with E-state index in [1.54, 1.807) is 24.3 Å². The molecule has 0 saturated heterocycles. The van der Waals surface area contributed by atoms with E-state index in [4.69, 9.17) is 9.72 Å². The average molecular weight is 566 g/mol. The quantitative estimate of drug-likeness (QED) is 0.243. The Morgan fingerprint density at radius 3 is 2.51 bits per heavy atom. The van der Waals surface area contributed by atoms with E-state index in [9.17, 15) is 18.3 Å². The highest BCUT2D eigenvalue weighted by molar-refractivity contribution is 5.85. The van der Waals surface area contributed by atoms with E-state index in [2.05, 4.69) is 35.3 Å². The fraction of sp³-hybridized carbons (Fsp3) is 0.333. The zero-order valence-corrected chi connectivity index (χ0v) is 22.4. The Morgan fingerprint density at radius 2 is 1.85 bits per heavy atom. The first-order chi connectivity index (χ1) is 19.5. The largest absolute Gasteiger partial charge is 0.480 e. The summed E-state index contributed by atoms with van der Waals surface area (Å²) >= 11 is 0. The predicted molar refractivity (Wildman–Crippen MR) is 142 cm³/mol. The van der Waals surface area contributed by atoms with Gasteiger partial charge in [0.2, 0.25) is 5.88 Å². The molecule has 1 saturated carbocycles. The van der Waals surface area contributed by atoms with E-state index in [0.717, 1.165) is 34.8 Å². The molecule has 6 rings (SSSR count). The fourth-order valence-corrected chi connectivity index (χ4v) is 4.58. The SMILES string of the molecule is COc1ncnc(C2CC2)c1-c1nc(NCc2ccc(-n3nc(C(F)(F)F)cc3C(C)(C)O)cc2)c2[nH]cnc2n1. The van der Waals surface area contributed by atoms with Crippen LogP contribution in [0, 0.1) is 0 Å². The number of benzene rings is 1. The van der Waals surface area contributed by atoms with Crippen molar-refractivity contribution in [2.75, 3.05) is 12.4 Å². The van der Waals surface area contributed by atoms with Gasteiger partial charge in [-0.1, -0.05) is 12.1 Å². The number of halogens is 3. The maximum atomic E-state index is 13.3. The number of aliphatic hydroxyl groups is 1. The highest BCUT2D eigenvalue weighted by atomic mass is 19.4. The third-order valence-corrected chi connectivity index (χ3v) is 6.78. The zero-order valence-electron chi connectivity index (χ0n) is 22.4. The van der Waals surface area contributed by atoms with Gasteiger partial charge >= 0.3 is 6.18 Å². The van der Waals surface area contributed by atoms with Crippen LogP contribution in [0.3, 0.4) is 0 Å². The molecule has 0 atom stereocenters. The lowest BCUT2D eigenvalue weighted by atomic mass is 10.0. The molecule has 0 aliphatic heterocycles. The van der Waals surface area contributed by atoms with Crippen LogP contribution in [0.4, 0.5) is 19.0 Å². The van der Waals surface area contributed by atoms with Gasteiger partial charge < -0.3 is 20.1 Å². The number of anilines is 1. The number of hydrogen-bond donors (Lipinski definition) is 3. The molecule has 0 bridgehead atoms. The molecule has 4 heterocycles. The van der Waals surface area contributed by atoms with Crippen molar-refractivity contribution in [1.82, 2.24) is 39.7 Å². The topological polar surface area (TPSA) is 140 Å². The molecule has 14 heteroatoms. The first kappa shape index (κ1) is 26.6. The van der Waals surface area contributed by atoms with Gasteiger partial charge in [0.15, 0.2) is 23.0 Å². The average Bonchev–Trinajstić information content (AvgIpc) is 3.47. The van der Waals surface area contributed by atoms with Crippen molar-refractivity contribution in [2.24, 2.45) is 0 Å². The molecule has 0 unspecified atom stereocenters. The van der Waals surface area contributed by atoms with Gasteiger partial charge in [-0.25, -0.2) is 29.6 Å². The maximum Gasteiger partial charge on any atom is 0.435 e. The minimum absolute atomic E-state index is 0.0248. The van der Waals surface area contributed by atoms with Gasteiger partial charge in [-0.05, 0) is 50.5 Å². The standard InChI is InChI=1S/C27H26F3N9O2/c1-26(2,40)18-10-17(27(28,29)30)38-39(18)16-8-4-14(5-9-16)11-31-23-21-24(34-12-33-21)37-22(36-23)19-20(15-6-7-15)32-13-35-25(19)41-3/h4-5,8-10,12-13,15,40H,6-7,11H2,1-3H3,(H2,31,33,34,36,37). The first-order valence-electron chi connectivity index (χ1n) is 12.9. The van der Waals surface area contributed by atoms with Crippen molar-refractivity contribution in [1.29, 1.82) is 0 Å². The van der Waals surface area contributed by atoms with E-state index >= 15 is 0 Å². The van der Waals surface area contributed by atoms with Crippen LogP contribution in [0.15, 0.2) is 43.0 Å². The number of nitrogens with one attached hydrogen (secondary N) is 2. The number of H-pyrrole nitrogens is 1. The number of imidazole rings is 1. The summed E-state index contributed by atoms with van der Waals surface area (Å²) in [5.41, 5.74) is 1.16. The summed E-state index contributed by atoms with van der Waals surface area (Å²) in [4.78, 5) is 25.5. The van der Waals surface area contributed by atoms with E-state index in [-0.39, 0.29) is 5.69 Å². The van der Waals surface area contributed by atoms with Gasteiger partial charge in [0, 0.05) is 12.5 Å². The Labute approximate surface area is 231 Å². The fourth-order valence-electron chi connectivity index (χ4n) is 4.58. The molecule has 4 aromatic heterocycles. The van der Waals surface area contributed by atoms with Crippen LogP contribution in [0.5, 0.6) is 5.88 Å². The smallest absolute Gasteiger partial charge is 0.435 e. The Balaban J connectivity index is 1.29. The second-order valence-electron chi connectivity index (χ2n) is 10.3. The Bertz CT molecular complexity index is 1720. The maximum absolute atomic E-state index is 13.3. The normalized spacial score (nSPS) is 14.0. The number of aromatic amines is 1. The summed E-state index contributed by atoms with van der Waals surface area (Å²) in [6.45, 7) is 3.17. The second-order valence-corrected chi connectivity index (χ2v) is 10.3. The van der Waals surface area contributed by atoms with Gasteiger partial charge in [0.05, 0.1) is 30.5 Å². The van der Waals surface area contributed by atoms with Crippen molar-refractivity contribution in [3.05, 3.63) is 65.6 Å². The number of alkyl halides is 3.